The maximum absolute atomic E-state index is 13.4. The fourth-order valence-corrected chi connectivity index (χ4v) is 4.83. The van der Waals surface area contributed by atoms with Crippen molar-refractivity contribution in [1.29, 1.82) is 5.26 Å². The molecule has 0 unspecified atom stereocenters. The number of likely N-dealkylation sites (tertiary alicyclic amines) is 1. The van der Waals surface area contributed by atoms with Crippen molar-refractivity contribution in [3.63, 3.8) is 0 Å². The molecule has 2 aliphatic heterocycles. The zero-order chi connectivity index (χ0) is 23.0. The molecule has 2 atom stereocenters. The van der Waals surface area contributed by atoms with Gasteiger partial charge in [-0.1, -0.05) is 20.8 Å². The van der Waals surface area contributed by atoms with E-state index >= 15 is 0 Å². The van der Waals surface area contributed by atoms with Crippen molar-refractivity contribution in [2.45, 2.75) is 39.8 Å². The van der Waals surface area contributed by atoms with Crippen molar-refractivity contribution in [3.05, 3.63) is 29.3 Å². The second-order valence-corrected chi connectivity index (χ2v) is 9.45. The molecule has 0 bridgehead atoms. The summed E-state index contributed by atoms with van der Waals surface area (Å²) in [5.41, 5.74) is -1.49. The summed E-state index contributed by atoms with van der Waals surface area (Å²) in [4.78, 5) is 16.9. The van der Waals surface area contributed by atoms with Gasteiger partial charge in [-0.05, 0) is 31.0 Å². The molecule has 0 N–H and O–H groups in total. The predicted molar refractivity (Wildman–Crippen MR) is 111 cm³/mol. The van der Waals surface area contributed by atoms with Crippen LogP contribution < -0.4 is 4.90 Å². The molecule has 1 aromatic rings. The Hall–Kier alpha value is -2.27. The Morgan fingerprint density at radius 2 is 2.03 bits per heavy atom. The Morgan fingerprint density at radius 3 is 2.61 bits per heavy atom. The topological polar surface area (TPSA) is 56.6 Å². The third-order valence-corrected chi connectivity index (χ3v) is 7.11. The maximum atomic E-state index is 13.4. The average Bonchev–Trinajstić information content (AvgIpc) is 3.10. The van der Waals surface area contributed by atoms with Gasteiger partial charge in [0.1, 0.15) is 0 Å². The van der Waals surface area contributed by atoms with Crippen molar-refractivity contribution in [3.8, 4) is 6.07 Å². The van der Waals surface area contributed by atoms with Crippen LogP contribution in [0.3, 0.4) is 0 Å². The van der Waals surface area contributed by atoms with Crippen molar-refractivity contribution in [2.75, 3.05) is 44.8 Å². The molecular formula is C23H30F3N3O2. The highest BCUT2D eigenvalue weighted by Gasteiger charge is 2.51. The molecule has 2 fully saturated rings. The Kier molecular flexibility index (Phi) is 6.30. The van der Waals surface area contributed by atoms with E-state index in [2.05, 4.69) is 0 Å². The van der Waals surface area contributed by atoms with Gasteiger partial charge in [-0.2, -0.15) is 18.4 Å². The van der Waals surface area contributed by atoms with E-state index in [1.807, 2.05) is 30.6 Å². The molecule has 1 aromatic carbocycles. The SMILES string of the molecule is CCC(C)(C)C(=O)N1CC[C@@]2(COC)CN(c3ccc(C#N)c(C(F)(F)F)c3)C[C@H]2C1. The normalized spacial score (nSPS) is 24.1. The summed E-state index contributed by atoms with van der Waals surface area (Å²) < 4.78 is 45.9. The molecule has 8 heteroatoms. The number of amides is 1. The van der Waals surface area contributed by atoms with Crippen LogP contribution in [0, 0.1) is 28.1 Å². The maximum Gasteiger partial charge on any atom is 0.417 e. The summed E-state index contributed by atoms with van der Waals surface area (Å²) in [5, 5.41) is 9.07. The number of carbonyl (C=O) groups excluding carboxylic acids is 1. The third-order valence-electron chi connectivity index (χ3n) is 7.11. The molecule has 3 rings (SSSR count). The Bertz CT molecular complexity index is 878. The molecule has 0 aliphatic carbocycles. The minimum absolute atomic E-state index is 0.0998. The summed E-state index contributed by atoms with van der Waals surface area (Å²) in [6, 6.07) is 5.52. The van der Waals surface area contributed by atoms with E-state index in [0.717, 1.165) is 18.9 Å². The average molecular weight is 438 g/mol. The molecule has 0 saturated carbocycles. The zero-order valence-electron chi connectivity index (χ0n) is 18.6. The number of halogens is 3. The van der Waals surface area contributed by atoms with Crippen LogP contribution in [0.4, 0.5) is 18.9 Å². The van der Waals surface area contributed by atoms with Crippen LogP contribution in [0.2, 0.25) is 0 Å². The van der Waals surface area contributed by atoms with Gasteiger partial charge in [-0.15, -0.1) is 0 Å². The molecule has 5 nitrogen and oxygen atoms in total. The van der Waals surface area contributed by atoms with Crippen LogP contribution in [-0.2, 0) is 15.7 Å². The highest BCUT2D eigenvalue weighted by Crippen LogP contribution is 2.46. The number of carbonyl (C=O) groups is 1. The number of rotatable bonds is 5. The number of piperidine rings is 1. The van der Waals surface area contributed by atoms with Gasteiger partial charge in [-0.3, -0.25) is 4.79 Å². The zero-order valence-corrected chi connectivity index (χ0v) is 18.6. The van der Waals surface area contributed by atoms with Crippen LogP contribution in [-0.4, -0.2) is 50.7 Å². The number of methoxy groups -OCH3 is 1. The first-order chi connectivity index (χ1) is 14.5. The number of alkyl halides is 3. The van der Waals surface area contributed by atoms with Gasteiger partial charge in [-0.25, -0.2) is 0 Å². The number of anilines is 1. The highest BCUT2D eigenvalue weighted by molar-refractivity contribution is 5.82. The molecule has 1 amide bonds. The summed E-state index contributed by atoms with van der Waals surface area (Å²) >= 11 is 0. The molecule has 31 heavy (non-hydrogen) atoms. The number of benzene rings is 1. The second-order valence-electron chi connectivity index (χ2n) is 9.45. The quantitative estimate of drug-likeness (QED) is 0.689. The van der Waals surface area contributed by atoms with Gasteiger partial charge >= 0.3 is 6.18 Å². The summed E-state index contributed by atoms with van der Waals surface area (Å²) in [6.45, 7) is 8.69. The molecule has 2 saturated heterocycles. The van der Waals surface area contributed by atoms with E-state index in [4.69, 9.17) is 10.00 Å². The number of fused-ring (bicyclic) bond motifs is 1. The first kappa shape index (κ1) is 23.4. The monoisotopic (exact) mass is 437 g/mol. The standard InChI is InChI=1S/C23H30F3N3O2/c1-5-21(2,3)20(30)28-9-8-22(15-31-4)14-29(13-17(22)12-28)18-7-6-16(11-27)19(10-18)23(24,25)26/h6-7,10,17H,5,8-9,12-15H2,1-4H3/t17-,22+/m1/s1. The lowest BCUT2D eigenvalue weighted by atomic mass is 9.72. The van der Waals surface area contributed by atoms with Gasteiger partial charge in [0.25, 0.3) is 0 Å². The van der Waals surface area contributed by atoms with Crippen LogP contribution in [0.5, 0.6) is 0 Å². The third kappa shape index (κ3) is 4.38. The lowest BCUT2D eigenvalue weighted by Crippen LogP contribution is -2.53. The fourth-order valence-electron chi connectivity index (χ4n) is 4.83. The number of hydrogen-bond acceptors (Lipinski definition) is 4. The largest absolute Gasteiger partial charge is 0.417 e. The molecule has 0 aromatic heterocycles. The first-order valence-corrected chi connectivity index (χ1v) is 10.6. The molecule has 2 heterocycles. The lowest BCUT2D eigenvalue weighted by Gasteiger charge is -2.44. The fraction of sp³-hybridized carbons (Fsp3) is 0.652. The molecule has 0 spiro atoms. The number of hydrogen-bond donors (Lipinski definition) is 0. The van der Waals surface area contributed by atoms with Gasteiger partial charge in [0, 0.05) is 55.7 Å². The predicted octanol–water partition coefficient (Wildman–Crippen LogP) is 4.31. The Labute approximate surface area is 181 Å². The van der Waals surface area contributed by atoms with Crippen molar-refractivity contribution < 1.29 is 22.7 Å². The lowest BCUT2D eigenvalue weighted by molar-refractivity contribution is -0.145. The number of nitrogens with zero attached hydrogens (tertiary/aromatic N) is 3. The minimum atomic E-state index is -4.59. The van der Waals surface area contributed by atoms with Crippen LogP contribution in [0.25, 0.3) is 0 Å². The minimum Gasteiger partial charge on any atom is -0.384 e. The van der Waals surface area contributed by atoms with E-state index < -0.39 is 17.2 Å². The van der Waals surface area contributed by atoms with Gasteiger partial charge < -0.3 is 14.5 Å². The van der Waals surface area contributed by atoms with Crippen LogP contribution in [0.1, 0.15) is 44.7 Å². The van der Waals surface area contributed by atoms with Crippen molar-refractivity contribution in [2.24, 2.45) is 16.7 Å². The van der Waals surface area contributed by atoms with E-state index in [1.54, 1.807) is 19.2 Å². The van der Waals surface area contributed by atoms with Crippen molar-refractivity contribution >= 4 is 11.6 Å². The summed E-state index contributed by atoms with van der Waals surface area (Å²) in [6.07, 6.45) is -3.10. The number of nitriles is 1. The first-order valence-electron chi connectivity index (χ1n) is 10.6. The highest BCUT2D eigenvalue weighted by atomic mass is 19.4. The molecule has 2 aliphatic rings. The summed E-state index contributed by atoms with van der Waals surface area (Å²) in [5.74, 6) is 0.222. The van der Waals surface area contributed by atoms with E-state index in [1.165, 1.54) is 6.07 Å². The van der Waals surface area contributed by atoms with Gasteiger partial charge in [0.15, 0.2) is 0 Å². The van der Waals surface area contributed by atoms with E-state index in [-0.39, 0.29) is 22.8 Å². The molecular weight excluding hydrogens is 407 g/mol. The number of ether oxygens (including phenoxy) is 1. The second kappa shape index (κ2) is 8.34. The van der Waals surface area contributed by atoms with E-state index in [0.29, 0.717) is 38.5 Å². The molecule has 170 valence electrons. The van der Waals surface area contributed by atoms with Gasteiger partial charge in [0.05, 0.1) is 23.8 Å². The summed E-state index contributed by atoms with van der Waals surface area (Å²) in [7, 11) is 1.63. The van der Waals surface area contributed by atoms with Gasteiger partial charge in [0.2, 0.25) is 5.91 Å². The Balaban J connectivity index is 1.88. The van der Waals surface area contributed by atoms with Crippen LogP contribution in [0.15, 0.2) is 18.2 Å². The van der Waals surface area contributed by atoms with E-state index in [9.17, 15) is 18.0 Å². The Morgan fingerprint density at radius 1 is 1.32 bits per heavy atom. The van der Waals surface area contributed by atoms with Crippen LogP contribution >= 0.6 is 0 Å². The van der Waals surface area contributed by atoms with Crippen molar-refractivity contribution in [1.82, 2.24) is 4.90 Å². The molecule has 0 radical (unpaired) electrons. The smallest absolute Gasteiger partial charge is 0.384 e.